The molecular formula is C18H15NO3S. The topological polar surface area (TPSA) is 49.8 Å². The molecule has 1 heterocycles. The van der Waals surface area contributed by atoms with Crippen LogP contribution in [-0.4, -0.2) is 18.2 Å². The Morgan fingerprint density at radius 3 is 2.17 bits per heavy atom. The van der Waals surface area contributed by atoms with Crippen LogP contribution in [0.4, 0.5) is 16.4 Å². The van der Waals surface area contributed by atoms with Gasteiger partial charge in [0.25, 0.3) is 0 Å². The lowest BCUT2D eigenvalue weighted by molar-refractivity contribution is 0.0702. The van der Waals surface area contributed by atoms with Crippen LogP contribution in [0.1, 0.15) is 9.67 Å². The minimum absolute atomic E-state index is 0.314. The van der Waals surface area contributed by atoms with E-state index in [2.05, 4.69) is 0 Å². The largest absolute Gasteiger partial charge is 0.497 e. The van der Waals surface area contributed by atoms with Gasteiger partial charge in [0.05, 0.1) is 7.11 Å². The highest BCUT2D eigenvalue weighted by Gasteiger charge is 2.16. The van der Waals surface area contributed by atoms with Crippen LogP contribution in [0.3, 0.4) is 0 Å². The van der Waals surface area contributed by atoms with Gasteiger partial charge in [-0.2, -0.15) is 0 Å². The lowest BCUT2D eigenvalue weighted by Gasteiger charge is -2.23. The Morgan fingerprint density at radius 1 is 0.957 bits per heavy atom. The van der Waals surface area contributed by atoms with Crippen molar-refractivity contribution in [1.82, 2.24) is 0 Å². The van der Waals surface area contributed by atoms with Crippen LogP contribution in [0.15, 0.2) is 66.7 Å². The quantitative estimate of drug-likeness (QED) is 0.723. The summed E-state index contributed by atoms with van der Waals surface area (Å²) in [5.74, 6) is -0.136. The van der Waals surface area contributed by atoms with Gasteiger partial charge >= 0.3 is 5.97 Å². The van der Waals surface area contributed by atoms with Gasteiger partial charge in [-0.25, -0.2) is 4.79 Å². The second-order valence-corrected chi connectivity index (χ2v) is 5.87. The van der Waals surface area contributed by atoms with Crippen molar-refractivity contribution < 1.29 is 14.6 Å². The molecule has 0 radical (unpaired) electrons. The fraction of sp³-hybridized carbons (Fsp3) is 0.0556. The number of aromatic carboxylic acids is 1. The summed E-state index contributed by atoms with van der Waals surface area (Å²) < 4.78 is 5.20. The molecule has 0 spiro atoms. The Balaban J connectivity index is 2.07. The number of benzene rings is 2. The number of carboxylic acids is 1. The van der Waals surface area contributed by atoms with E-state index in [1.807, 2.05) is 65.6 Å². The highest BCUT2D eigenvalue weighted by Crippen LogP contribution is 2.39. The van der Waals surface area contributed by atoms with Gasteiger partial charge in [-0.1, -0.05) is 18.2 Å². The van der Waals surface area contributed by atoms with Gasteiger partial charge in [0.2, 0.25) is 0 Å². The van der Waals surface area contributed by atoms with Gasteiger partial charge in [-0.3, -0.25) is 0 Å². The second kappa shape index (κ2) is 6.54. The van der Waals surface area contributed by atoms with Crippen LogP contribution in [-0.2, 0) is 0 Å². The van der Waals surface area contributed by atoms with Crippen molar-refractivity contribution in [2.45, 2.75) is 0 Å². The number of hydrogen-bond donors (Lipinski definition) is 1. The summed E-state index contributed by atoms with van der Waals surface area (Å²) in [5.41, 5.74) is 1.91. The third-order valence-electron chi connectivity index (χ3n) is 3.37. The molecule has 0 aliphatic rings. The molecule has 1 aromatic heterocycles. The van der Waals surface area contributed by atoms with Crippen molar-refractivity contribution in [3.63, 3.8) is 0 Å². The Bertz CT molecular complexity index is 797. The normalized spacial score (nSPS) is 10.3. The number of thiophene rings is 1. The maximum atomic E-state index is 11.2. The molecule has 23 heavy (non-hydrogen) atoms. The van der Waals surface area contributed by atoms with Gasteiger partial charge in [0, 0.05) is 11.4 Å². The molecule has 0 amide bonds. The second-order valence-electron chi connectivity index (χ2n) is 4.81. The number of anilines is 3. The summed E-state index contributed by atoms with van der Waals surface area (Å²) in [6.07, 6.45) is 0. The minimum atomic E-state index is -0.913. The van der Waals surface area contributed by atoms with E-state index >= 15 is 0 Å². The first-order chi connectivity index (χ1) is 11.2. The van der Waals surface area contributed by atoms with Crippen LogP contribution in [0, 0.1) is 0 Å². The van der Waals surface area contributed by atoms with Crippen molar-refractivity contribution >= 4 is 33.7 Å². The van der Waals surface area contributed by atoms with E-state index in [0.29, 0.717) is 4.88 Å². The molecule has 0 bridgehead atoms. The average Bonchev–Trinajstić information content (AvgIpc) is 3.07. The van der Waals surface area contributed by atoms with E-state index in [4.69, 9.17) is 9.84 Å². The van der Waals surface area contributed by atoms with Crippen molar-refractivity contribution in [3.05, 3.63) is 71.6 Å². The van der Waals surface area contributed by atoms with E-state index in [0.717, 1.165) is 22.1 Å². The molecule has 1 N–H and O–H groups in total. The monoisotopic (exact) mass is 325 g/mol. The summed E-state index contributed by atoms with van der Waals surface area (Å²) in [4.78, 5) is 13.5. The molecule has 5 heteroatoms. The molecule has 2 aromatic carbocycles. The van der Waals surface area contributed by atoms with Crippen molar-refractivity contribution in [2.24, 2.45) is 0 Å². The highest BCUT2D eigenvalue weighted by atomic mass is 32.1. The van der Waals surface area contributed by atoms with E-state index in [1.54, 1.807) is 13.2 Å². The number of hydrogen-bond acceptors (Lipinski definition) is 4. The predicted octanol–water partition coefficient (Wildman–Crippen LogP) is 4.92. The van der Waals surface area contributed by atoms with Gasteiger partial charge in [0.15, 0.2) is 0 Å². The summed E-state index contributed by atoms with van der Waals surface area (Å²) in [5, 5.41) is 10.0. The van der Waals surface area contributed by atoms with Gasteiger partial charge in [-0.05, 0) is 48.5 Å². The zero-order valence-electron chi connectivity index (χ0n) is 12.5. The molecule has 4 nitrogen and oxygen atoms in total. The van der Waals surface area contributed by atoms with Crippen molar-refractivity contribution in [2.75, 3.05) is 12.0 Å². The molecule has 0 aliphatic heterocycles. The Kier molecular flexibility index (Phi) is 4.30. The number of rotatable bonds is 5. The number of methoxy groups -OCH3 is 1. The van der Waals surface area contributed by atoms with Gasteiger partial charge in [0.1, 0.15) is 15.6 Å². The number of para-hydroxylation sites is 1. The smallest absolute Gasteiger partial charge is 0.345 e. The fourth-order valence-corrected chi connectivity index (χ4v) is 3.16. The van der Waals surface area contributed by atoms with E-state index in [9.17, 15) is 4.79 Å². The van der Waals surface area contributed by atoms with Crippen molar-refractivity contribution in [3.8, 4) is 5.75 Å². The van der Waals surface area contributed by atoms with Crippen LogP contribution >= 0.6 is 11.3 Å². The molecule has 116 valence electrons. The molecule has 3 rings (SSSR count). The van der Waals surface area contributed by atoms with Crippen LogP contribution < -0.4 is 9.64 Å². The van der Waals surface area contributed by atoms with Crippen molar-refractivity contribution in [1.29, 1.82) is 0 Å². The minimum Gasteiger partial charge on any atom is -0.497 e. The maximum Gasteiger partial charge on any atom is 0.345 e. The van der Waals surface area contributed by atoms with E-state index in [-0.39, 0.29) is 0 Å². The molecular weight excluding hydrogens is 310 g/mol. The zero-order chi connectivity index (χ0) is 16.2. The number of carboxylic acid groups (broad SMARTS) is 1. The van der Waals surface area contributed by atoms with Gasteiger partial charge < -0.3 is 14.7 Å². The lowest BCUT2D eigenvalue weighted by Crippen LogP contribution is -2.08. The Morgan fingerprint density at radius 2 is 1.61 bits per heavy atom. The molecule has 0 atom stereocenters. The number of ether oxygens (including phenoxy) is 1. The zero-order valence-corrected chi connectivity index (χ0v) is 13.3. The standard InChI is InChI=1S/C18H15NO3S/c1-22-15-9-7-14(8-10-15)19(13-5-3-2-4-6-13)17-12-11-16(23-17)18(20)21/h2-12H,1H3,(H,20,21). The summed E-state index contributed by atoms with van der Waals surface area (Å²) in [7, 11) is 1.63. The first kappa shape index (κ1) is 15.1. The third-order valence-corrected chi connectivity index (χ3v) is 4.43. The van der Waals surface area contributed by atoms with E-state index in [1.165, 1.54) is 11.3 Å². The maximum absolute atomic E-state index is 11.2. The van der Waals surface area contributed by atoms with E-state index < -0.39 is 5.97 Å². The fourth-order valence-electron chi connectivity index (χ4n) is 2.27. The first-order valence-corrected chi connectivity index (χ1v) is 7.83. The summed E-state index contributed by atoms with van der Waals surface area (Å²) >= 11 is 1.24. The molecule has 0 saturated heterocycles. The Labute approximate surface area is 138 Å². The van der Waals surface area contributed by atoms with Crippen LogP contribution in [0.2, 0.25) is 0 Å². The first-order valence-electron chi connectivity index (χ1n) is 7.01. The van der Waals surface area contributed by atoms with Gasteiger partial charge in [-0.15, -0.1) is 11.3 Å². The number of carbonyl (C=O) groups is 1. The molecule has 0 saturated carbocycles. The average molecular weight is 325 g/mol. The SMILES string of the molecule is COc1ccc(N(c2ccccc2)c2ccc(C(=O)O)s2)cc1. The number of nitrogens with zero attached hydrogens (tertiary/aromatic N) is 1. The lowest BCUT2D eigenvalue weighted by atomic mass is 10.2. The summed E-state index contributed by atoms with van der Waals surface area (Å²) in [6.45, 7) is 0. The summed E-state index contributed by atoms with van der Waals surface area (Å²) in [6, 6.07) is 21.0. The molecule has 0 fully saturated rings. The molecule has 0 aliphatic carbocycles. The Hall–Kier alpha value is -2.79. The highest BCUT2D eigenvalue weighted by molar-refractivity contribution is 7.18. The van der Waals surface area contributed by atoms with Crippen LogP contribution in [0.5, 0.6) is 5.75 Å². The third kappa shape index (κ3) is 3.19. The molecule has 0 unspecified atom stereocenters. The predicted molar refractivity (Wildman–Crippen MR) is 92.5 cm³/mol. The molecule has 3 aromatic rings. The van der Waals surface area contributed by atoms with Crippen LogP contribution in [0.25, 0.3) is 0 Å².